The van der Waals surface area contributed by atoms with E-state index in [0.717, 1.165) is 19.6 Å². The highest BCUT2D eigenvalue weighted by atomic mass is 16.5. The average Bonchev–Trinajstić information content (AvgIpc) is 2.89. The number of anilines is 1. The van der Waals surface area contributed by atoms with Crippen LogP contribution in [0, 0.1) is 5.92 Å². The molecule has 1 unspecified atom stereocenters. The first-order valence-corrected chi connectivity index (χ1v) is 5.65. The zero-order chi connectivity index (χ0) is 12.1. The fourth-order valence-corrected chi connectivity index (χ4v) is 1.65. The summed E-state index contributed by atoms with van der Waals surface area (Å²) in [5.41, 5.74) is 0.336. The Labute approximate surface area is 99.8 Å². The van der Waals surface area contributed by atoms with Gasteiger partial charge in [0, 0.05) is 26.1 Å². The Hall–Kier alpha value is -1.69. The van der Waals surface area contributed by atoms with E-state index in [0.29, 0.717) is 24.0 Å². The number of nitrogens with zero attached hydrogens (tertiary/aromatic N) is 2. The second kappa shape index (κ2) is 5.58. The van der Waals surface area contributed by atoms with Crippen LogP contribution in [-0.2, 0) is 4.74 Å². The SMILES string of the molecule is CNc1cnc(C(=O)NCC2CCOC2)cn1. The third kappa shape index (κ3) is 3.13. The van der Waals surface area contributed by atoms with Crippen LogP contribution in [0.15, 0.2) is 12.4 Å². The molecule has 1 atom stereocenters. The summed E-state index contributed by atoms with van der Waals surface area (Å²) in [6.07, 6.45) is 4.00. The summed E-state index contributed by atoms with van der Waals surface area (Å²) in [5, 5.41) is 5.68. The van der Waals surface area contributed by atoms with Gasteiger partial charge in [-0.3, -0.25) is 4.79 Å². The minimum atomic E-state index is -0.188. The molecule has 1 aliphatic rings. The summed E-state index contributed by atoms with van der Waals surface area (Å²) in [5.74, 6) is 0.876. The van der Waals surface area contributed by atoms with E-state index in [9.17, 15) is 4.79 Å². The van der Waals surface area contributed by atoms with Crippen molar-refractivity contribution in [3.05, 3.63) is 18.1 Å². The number of aromatic nitrogens is 2. The fourth-order valence-electron chi connectivity index (χ4n) is 1.65. The summed E-state index contributed by atoms with van der Waals surface area (Å²) < 4.78 is 5.24. The second-order valence-electron chi connectivity index (χ2n) is 3.98. The van der Waals surface area contributed by atoms with Gasteiger partial charge in [0.1, 0.15) is 11.5 Å². The van der Waals surface area contributed by atoms with Crippen LogP contribution >= 0.6 is 0 Å². The van der Waals surface area contributed by atoms with Gasteiger partial charge in [-0.1, -0.05) is 0 Å². The lowest BCUT2D eigenvalue weighted by molar-refractivity contribution is 0.0939. The minimum Gasteiger partial charge on any atom is -0.381 e. The molecule has 0 bridgehead atoms. The summed E-state index contributed by atoms with van der Waals surface area (Å²) >= 11 is 0. The maximum absolute atomic E-state index is 11.7. The highest BCUT2D eigenvalue weighted by molar-refractivity contribution is 5.91. The lowest BCUT2D eigenvalue weighted by atomic mass is 10.1. The topological polar surface area (TPSA) is 76.1 Å². The van der Waals surface area contributed by atoms with Crippen LogP contribution in [0.1, 0.15) is 16.9 Å². The van der Waals surface area contributed by atoms with Crippen molar-refractivity contribution in [2.45, 2.75) is 6.42 Å². The van der Waals surface area contributed by atoms with Gasteiger partial charge in [-0.25, -0.2) is 9.97 Å². The molecular weight excluding hydrogens is 220 g/mol. The van der Waals surface area contributed by atoms with Crippen LogP contribution in [0.2, 0.25) is 0 Å². The molecule has 2 heterocycles. The number of carbonyl (C=O) groups is 1. The fraction of sp³-hybridized carbons (Fsp3) is 0.545. The van der Waals surface area contributed by atoms with E-state index >= 15 is 0 Å². The van der Waals surface area contributed by atoms with Gasteiger partial charge in [-0.15, -0.1) is 0 Å². The minimum absolute atomic E-state index is 0.188. The van der Waals surface area contributed by atoms with Gasteiger partial charge < -0.3 is 15.4 Å². The molecule has 1 fully saturated rings. The van der Waals surface area contributed by atoms with E-state index in [1.54, 1.807) is 7.05 Å². The Kier molecular flexibility index (Phi) is 3.87. The molecule has 1 aromatic rings. The molecule has 1 saturated heterocycles. The Morgan fingerprint density at radius 1 is 1.53 bits per heavy atom. The standard InChI is InChI=1S/C11H16N4O2/c1-12-10-6-13-9(5-14-10)11(16)15-4-8-2-3-17-7-8/h5-6,8H,2-4,7H2,1H3,(H,12,14)(H,15,16). The largest absolute Gasteiger partial charge is 0.381 e. The van der Waals surface area contributed by atoms with Gasteiger partial charge in [0.25, 0.3) is 5.91 Å². The molecule has 0 aliphatic carbocycles. The third-order valence-corrected chi connectivity index (χ3v) is 2.72. The van der Waals surface area contributed by atoms with Crippen LogP contribution in [0.25, 0.3) is 0 Å². The van der Waals surface area contributed by atoms with E-state index in [1.165, 1.54) is 12.4 Å². The molecule has 1 aliphatic heterocycles. The zero-order valence-corrected chi connectivity index (χ0v) is 9.77. The third-order valence-electron chi connectivity index (χ3n) is 2.72. The highest BCUT2D eigenvalue weighted by Gasteiger charge is 2.17. The maximum Gasteiger partial charge on any atom is 0.271 e. The number of carbonyl (C=O) groups excluding carboxylic acids is 1. The summed E-state index contributed by atoms with van der Waals surface area (Å²) in [4.78, 5) is 19.8. The molecule has 0 spiro atoms. The quantitative estimate of drug-likeness (QED) is 0.785. The lowest BCUT2D eigenvalue weighted by Crippen LogP contribution is -2.30. The smallest absolute Gasteiger partial charge is 0.271 e. The first-order valence-electron chi connectivity index (χ1n) is 5.65. The van der Waals surface area contributed by atoms with Gasteiger partial charge in [0.05, 0.1) is 19.0 Å². The van der Waals surface area contributed by atoms with E-state index < -0.39 is 0 Å². The van der Waals surface area contributed by atoms with Crippen LogP contribution in [-0.4, -0.2) is 42.7 Å². The van der Waals surface area contributed by atoms with Crippen molar-refractivity contribution in [3.63, 3.8) is 0 Å². The number of rotatable bonds is 4. The Morgan fingerprint density at radius 3 is 3.00 bits per heavy atom. The van der Waals surface area contributed by atoms with Crippen LogP contribution < -0.4 is 10.6 Å². The monoisotopic (exact) mass is 236 g/mol. The van der Waals surface area contributed by atoms with Gasteiger partial charge >= 0.3 is 0 Å². The molecule has 0 saturated carbocycles. The normalized spacial score (nSPS) is 19.0. The zero-order valence-electron chi connectivity index (χ0n) is 9.77. The van der Waals surface area contributed by atoms with Gasteiger partial charge in [0.2, 0.25) is 0 Å². The highest BCUT2D eigenvalue weighted by Crippen LogP contribution is 2.10. The van der Waals surface area contributed by atoms with Crippen molar-refractivity contribution in [1.29, 1.82) is 0 Å². The molecule has 0 radical (unpaired) electrons. The molecule has 6 nitrogen and oxygen atoms in total. The lowest BCUT2D eigenvalue weighted by Gasteiger charge is -2.08. The average molecular weight is 236 g/mol. The van der Waals surface area contributed by atoms with Crippen molar-refractivity contribution in [3.8, 4) is 0 Å². The van der Waals surface area contributed by atoms with Crippen molar-refractivity contribution in [2.24, 2.45) is 5.92 Å². The summed E-state index contributed by atoms with van der Waals surface area (Å²) in [6.45, 7) is 2.15. The van der Waals surface area contributed by atoms with Crippen molar-refractivity contribution in [1.82, 2.24) is 15.3 Å². The Bertz CT molecular complexity index is 374. The maximum atomic E-state index is 11.7. The van der Waals surface area contributed by atoms with E-state index in [-0.39, 0.29) is 5.91 Å². The number of nitrogens with one attached hydrogen (secondary N) is 2. The van der Waals surface area contributed by atoms with Crippen molar-refractivity contribution < 1.29 is 9.53 Å². The molecular formula is C11H16N4O2. The Morgan fingerprint density at radius 2 is 2.41 bits per heavy atom. The van der Waals surface area contributed by atoms with E-state index in [4.69, 9.17) is 4.74 Å². The molecule has 0 aromatic carbocycles. The molecule has 92 valence electrons. The second-order valence-corrected chi connectivity index (χ2v) is 3.98. The van der Waals surface area contributed by atoms with E-state index in [2.05, 4.69) is 20.6 Å². The van der Waals surface area contributed by atoms with Gasteiger partial charge in [-0.05, 0) is 6.42 Å². The number of hydrogen-bond donors (Lipinski definition) is 2. The predicted octanol–water partition coefficient (Wildman–Crippen LogP) is 0.285. The van der Waals surface area contributed by atoms with Gasteiger partial charge in [-0.2, -0.15) is 0 Å². The predicted molar refractivity (Wildman–Crippen MR) is 62.8 cm³/mol. The summed E-state index contributed by atoms with van der Waals surface area (Å²) in [7, 11) is 1.75. The summed E-state index contributed by atoms with van der Waals surface area (Å²) in [6, 6.07) is 0. The molecule has 2 rings (SSSR count). The van der Waals surface area contributed by atoms with Crippen LogP contribution in [0.3, 0.4) is 0 Å². The van der Waals surface area contributed by atoms with Crippen molar-refractivity contribution >= 4 is 11.7 Å². The molecule has 1 aromatic heterocycles. The van der Waals surface area contributed by atoms with Gasteiger partial charge in [0.15, 0.2) is 0 Å². The first-order chi connectivity index (χ1) is 8.29. The molecule has 2 N–H and O–H groups in total. The van der Waals surface area contributed by atoms with Crippen LogP contribution in [0.5, 0.6) is 0 Å². The number of hydrogen-bond acceptors (Lipinski definition) is 5. The van der Waals surface area contributed by atoms with Crippen molar-refractivity contribution in [2.75, 3.05) is 32.1 Å². The first kappa shape index (κ1) is 11.8. The molecule has 6 heteroatoms. The van der Waals surface area contributed by atoms with E-state index in [1.807, 2.05) is 0 Å². The number of amides is 1. The Balaban J connectivity index is 1.85. The number of ether oxygens (including phenoxy) is 1. The molecule has 17 heavy (non-hydrogen) atoms. The molecule has 1 amide bonds. The van der Waals surface area contributed by atoms with Crippen LogP contribution in [0.4, 0.5) is 5.82 Å².